The maximum atomic E-state index is 12.4. The Hall–Kier alpha value is -0.970. The molecule has 0 unspecified atom stereocenters. The summed E-state index contributed by atoms with van der Waals surface area (Å²) < 4.78 is 5.05. The molecule has 1 aromatic rings. The van der Waals surface area contributed by atoms with E-state index >= 15 is 0 Å². The molecule has 0 aliphatic carbocycles. The van der Waals surface area contributed by atoms with E-state index in [9.17, 15) is 9.90 Å². The van der Waals surface area contributed by atoms with Gasteiger partial charge < -0.3 is 14.7 Å². The molecule has 0 heterocycles. The van der Waals surface area contributed by atoms with Gasteiger partial charge in [-0.2, -0.15) is 0 Å². The molecule has 0 radical (unpaired) electrons. The number of amides is 1. The lowest BCUT2D eigenvalue weighted by atomic mass is 10.1. The molecule has 1 amide bonds. The summed E-state index contributed by atoms with van der Waals surface area (Å²) >= 11 is 12.1. The third-order valence-corrected chi connectivity index (χ3v) is 3.26. The van der Waals surface area contributed by atoms with Gasteiger partial charge in [-0.1, -0.05) is 23.2 Å². The van der Waals surface area contributed by atoms with Gasteiger partial charge >= 0.3 is 0 Å². The van der Waals surface area contributed by atoms with Gasteiger partial charge in [-0.05, 0) is 32.9 Å². The van der Waals surface area contributed by atoms with Crippen LogP contribution in [0.1, 0.15) is 31.1 Å². The fourth-order valence-corrected chi connectivity index (χ4v) is 2.50. The van der Waals surface area contributed by atoms with Crippen LogP contribution in [0.25, 0.3) is 0 Å². The van der Waals surface area contributed by atoms with Crippen LogP contribution in [0.5, 0.6) is 5.75 Å². The van der Waals surface area contributed by atoms with Crippen molar-refractivity contribution >= 4 is 29.1 Å². The summed E-state index contributed by atoms with van der Waals surface area (Å²) in [6, 6.07) is 3.03. The summed E-state index contributed by atoms with van der Waals surface area (Å²) in [6.07, 6.45) is 0. The molecule has 0 aromatic heterocycles. The molecule has 0 saturated heterocycles. The Morgan fingerprint density at radius 1 is 1.35 bits per heavy atom. The second-order valence-electron chi connectivity index (χ2n) is 5.10. The number of halogens is 2. The molecule has 1 aromatic carbocycles. The molecule has 1 N–H and O–H groups in total. The fourth-order valence-electron chi connectivity index (χ4n) is 1.86. The fraction of sp³-hybridized carbons (Fsp3) is 0.500. The van der Waals surface area contributed by atoms with Crippen LogP contribution in [-0.2, 0) is 0 Å². The molecule has 0 aliphatic rings. The van der Waals surface area contributed by atoms with Crippen LogP contribution in [0.2, 0.25) is 10.0 Å². The molecule has 4 nitrogen and oxygen atoms in total. The summed E-state index contributed by atoms with van der Waals surface area (Å²) in [6.45, 7) is 5.85. The number of methoxy groups -OCH3 is 1. The zero-order valence-corrected chi connectivity index (χ0v) is 13.5. The summed E-state index contributed by atoms with van der Waals surface area (Å²) in [4.78, 5) is 14.0. The Morgan fingerprint density at radius 3 is 2.20 bits per heavy atom. The number of rotatable bonds is 5. The van der Waals surface area contributed by atoms with Crippen LogP contribution in [0.15, 0.2) is 12.1 Å². The largest absolute Gasteiger partial charge is 0.494 e. The first-order valence-corrected chi connectivity index (χ1v) is 7.00. The zero-order chi connectivity index (χ0) is 15.5. The van der Waals surface area contributed by atoms with Crippen molar-refractivity contribution in [1.29, 1.82) is 0 Å². The van der Waals surface area contributed by atoms with Gasteiger partial charge in [0.25, 0.3) is 5.91 Å². The van der Waals surface area contributed by atoms with Crippen LogP contribution >= 0.6 is 23.2 Å². The highest BCUT2D eigenvalue weighted by molar-refractivity contribution is 6.37. The van der Waals surface area contributed by atoms with Gasteiger partial charge in [0, 0.05) is 18.7 Å². The molecule has 1 rings (SSSR count). The number of nitrogens with zero attached hydrogens (tertiary/aromatic N) is 1. The van der Waals surface area contributed by atoms with Crippen LogP contribution in [0.3, 0.4) is 0 Å². The number of hydrogen-bond donors (Lipinski definition) is 1. The Balaban J connectivity index is 3.07. The monoisotopic (exact) mass is 319 g/mol. The highest BCUT2D eigenvalue weighted by Gasteiger charge is 2.23. The molecule has 112 valence electrons. The smallest absolute Gasteiger partial charge is 0.254 e. The molecule has 0 fully saturated rings. The minimum absolute atomic E-state index is 0.226. The number of ether oxygens (including phenoxy) is 1. The van der Waals surface area contributed by atoms with Crippen molar-refractivity contribution in [3.63, 3.8) is 0 Å². The van der Waals surface area contributed by atoms with Crippen LogP contribution < -0.4 is 4.74 Å². The van der Waals surface area contributed by atoms with Gasteiger partial charge in [0.15, 0.2) is 5.75 Å². The second-order valence-corrected chi connectivity index (χ2v) is 5.92. The molecule has 20 heavy (non-hydrogen) atoms. The van der Waals surface area contributed by atoms with Crippen molar-refractivity contribution in [3.8, 4) is 5.75 Å². The van der Waals surface area contributed by atoms with E-state index in [2.05, 4.69) is 0 Å². The Labute approximate surface area is 129 Å². The Kier molecular flexibility index (Phi) is 5.68. The van der Waals surface area contributed by atoms with E-state index in [0.29, 0.717) is 17.9 Å². The Morgan fingerprint density at radius 2 is 1.85 bits per heavy atom. The third kappa shape index (κ3) is 4.27. The predicted octanol–water partition coefficient (Wildman–Crippen LogP) is 3.24. The topological polar surface area (TPSA) is 49.8 Å². The second kappa shape index (κ2) is 6.66. The quantitative estimate of drug-likeness (QED) is 0.906. The van der Waals surface area contributed by atoms with Crippen LogP contribution in [-0.4, -0.2) is 41.7 Å². The van der Waals surface area contributed by atoms with E-state index in [-0.39, 0.29) is 22.5 Å². The maximum absolute atomic E-state index is 12.4. The summed E-state index contributed by atoms with van der Waals surface area (Å²) in [7, 11) is 1.46. The first kappa shape index (κ1) is 17.1. The van der Waals surface area contributed by atoms with E-state index in [1.54, 1.807) is 13.8 Å². The molecular weight excluding hydrogens is 301 g/mol. The van der Waals surface area contributed by atoms with Gasteiger partial charge in [0.05, 0.1) is 22.8 Å². The normalized spacial score (nSPS) is 11.3. The van der Waals surface area contributed by atoms with E-state index < -0.39 is 5.60 Å². The lowest BCUT2D eigenvalue weighted by Crippen LogP contribution is -2.42. The van der Waals surface area contributed by atoms with E-state index in [4.69, 9.17) is 27.9 Å². The van der Waals surface area contributed by atoms with Crippen molar-refractivity contribution < 1.29 is 14.6 Å². The number of hydrogen-bond acceptors (Lipinski definition) is 3. The van der Waals surface area contributed by atoms with Crippen molar-refractivity contribution in [2.45, 2.75) is 26.4 Å². The van der Waals surface area contributed by atoms with Crippen molar-refractivity contribution in [3.05, 3.63) is 27.7 Å². The van der Waals surface area contributed by atoms with E-state index in [1.807, 2.05) is 6.92 Å². The standard InChI is InChI=1S/C14H19Cl2NO3/c1-5-17(8-14(2,3)19)13(18)9-6-10(15)12(20-4)11(16)7-9/h6-7,19H,5,8H2,1-4H3. The van der Waals surface area contributed by atoms with Crippen LogP contribution in [0, 0.1) is 0 Å². The molecule has 0 atom stereocenters. The van der Waals surface area contributed by atoms with Crippen molar-refractivity contribution in [1.82, 2.24) is 4.90 Å². The van der Waals surface area contributed by atoms with Gasteiger partial charge in [0.1, 0.15) is 0 Å². The lowest BCUT2D eigenvalue weighted by molar-refractivity contribution is 0.0314. The van der Waals surface area contributed by atoms with E-state index in [0.717, 1.165) is 0 Å². The number of carbonyl (C=O) groups excluding carboxylic acids is 1. The van der Waals surface area contributed by atoms with Gasteiger partial charge in [-0.3, -0.25) is 4.79 Å². The maximum Gasteiger partial charge on any atom is 0.254 e. The molecule has 6 heteroatoms. The SMILES string of the molecule is CCN(CC(C)(C)O)C(=O)c1cc(Cl)c(OC)c(Cl)c1. The van der Waals surface area contributed by atoms with Crippen LogP contribution in [0.4, 0.5) is 0 Å². The highest BCUT2D eigenvalue weighted by atomic mass is 35.5. The first-order chi connectivity index (χ1) is 9.19. The molecule has 0 saturated carbocycles. The average molecular weight is 320 g/mol. The molecule has 0 bridgehead atoms. The van der Waals surface area contributed by atoms with Crippen molar-refractivity contribution in [2.24, 2.45) is 0 Å². The molecule has 0 aliphatic heterocycles. The number of carbonyl (C=O) groups is 1. The van der Waals surface area contributed by atoms with E-state index in [1.165, 1.54) is 24.1 Å². The molecule has 0 spiro atoms. The minimum Gasteiger partial charge on any atom is -0.494 e. The average Bonchev–Trinajstić information content (AvgIpc) is 2.33. The van der Waals surface area contributed by atoms with Crippen molar-refractivity contribution in [2.75, 3.05) is 20.2 Å². The number of likely N-dealkylation sites (N-methyl/N-ethyl adjacent to an activating group) is 1. The minimum atomic E-state index is -0.967. The summed E-state index contributed by atoms with van der Waals surface area (Å²) in [5.74, 6) is 0.108. The highest BCUT2D eigenvalue weighted by Crippen LogP contribution is 2.34. The van der Waals surface area contributed by atoms with Gasteiger partial charge in [-0.25, -0.2) is 0 Å². The first-order valence-electron chi connectivity index (χ1n) is 6.24. The lowest BCUT2D eigenvalue weighted by Gasteiger charge is -2.28. The summed E-state index contributed by atoms with van der Waals surface area (Å²) in [5, 5.41) is 10.4. The van der Waals surface area contributed by atoms with Gasteiger partial charge in [0.2, 0.25) is 0 Å². The molecular formula is C14H19Cl2NO3. The number of benzene rings is 1. The summed E-state index contributed by atoms with van der Waals surface area (Å²) in [5.41, 5.74) is -0.599. The predicted molar refractivity (Wildman–Crippen MR) is 80.9 cm³/mol. The number of aliphatic hydroxyl groups is 1. The third-order valence-electron chi connectivity index (χ3n) is 2.70. The Bertz CT molecular complexity index is 475. The van der Waals surface area contributed by atoms with Gasteiger partial charge in [-0.15, -0.1) is 0 Å². The zero-order valence-electron chi connectivity index (χ0n) is 12.0.